The van der Waals surface area contributed by atoms with Crippen LogP contribution in [0.25, 0.3) is 107 Å². The molecular formula is C56H39N5. The molecule has 2 aromatic heterocycles. The summed E-state index contributed by atoms with van der Waals surface area (Å²) in [7, 11) is 0. The first-order valence-corrected chi connectivity index (χ1v) is 20.4. The highest BCUT2D eigenvalue weighted by atomic mass is 15.0. The highest BCUT2D eigenvalue weighted by molar-refractivity contribution is 6.03. The van der Waals surface area contributed by atoms with Crippen molar-refractivity contribution in [2.24, 2.45) is 0 Å². The van der Waals surface area contributed by atoms with E-state index in [-0.39, 0.29) is 0 Å². The van der Waals surface area contributed by atoms with Crippen molar-refractivity contribution < 1.29 is 0 Å². The summed E-state index contributed by atoms with van der Waals surface area (Å²) in [6.45, 7) is 6.20. The minimum Gasteiger partial charge on any atom is -0.228 e. The third-order valence-corrected chi connectivity index (χ3v) is 11.1. The Bertz CT molecular complexity index is 3140. The first-order valence-electron chi connectivity index (χ1n) is 20.4. The Morgan fingerprint density at radius 1 is 0.361 bits per heavy atom. The van der Waals surface area contributed by atoms with E-state index in [4.69, 9.17) is 24.9 Å². The number of nitrogens with zero attached hydrogens (tertiary/aromatic N) is 5. The molecule has 0 radical (unpaired) electrons. The molecule has 0 N–H and O–H groups in total. The standard InChI is InChI=1S/C56H39N5/c1-3-38-17-13-15-25-47(38)46-33-32-45(35-37(46)2)51-36-50(40-19-7-4-8-20-40)57-53(58-51)44-29-27-41(28-30-44)52-48-26-16-14-18-39(48)31-34-49(52)56-60-54(42-21-9-5-10-22-42)59-55(61-56)43-23-11-6-12-24-43/h3-36H,1H2,2H3. The van der Waals surface area contributed by atoms with Crippen LogP contribution in [0.4, 0.5) is 0 Å². The lowest BCUT2D eigenvalue weighted by atomic mass is 9.92. The molecule has 0 aliphatic heterocycles. The molecule has 0 amide bonds. The first kappa shape index (κ1) is 37.1. The van der Waals surface area contributed by atoms with E-state index in [1.807, 2.05) is 91.0 Å². The minimum absolute atomic E-state index is 0.607. The van der Waals surface area contributed by atoms with E-state index in [0.29, 0.717) is 23.3 Å². The Morgan fingerprint density at radius 3 is 1.51 bits per heavy atom. The van der Waals surface area contributed by atoms with Crippen LogP contribution in [0.1, 0.15) is 11.1 Å². The highest BCUT2D eigenvalue weighted by Crippen LogP contribution is 2.39. The number of aryl methyl sites for hydroxylation is 1. The average molecular weight is 782 g/mol. The second-order valence-corrected chi connectivity index (χ2v) is 15.0. The van der Waals surface area contributed by atoms with Crippen LogP contribution in [0, 0.1) is 6.92 Å². The Labute approximate surface area is 355 Å². The molecule has 0 unspecified atom stereocenters. The summed E-state index contributed by atoms with van der Waals surface area (Å²) < 4.78 is 0. The average Bonchev–Trinajstić information content (AvgIpc) is 3.34. The Kier molecular flexibility index (Phi) is 9.89. The van der Waals surface area contributed by atoms with Crippen molar-refractivity contribution in [3.8, 4) is 90.3 Å². The molecule has 0 saturated heterocycles. The molecule has 0 aliphatic carbocycles. The predicted molar refractivity (Wildman–Crippen MR) is 251 cm³/mol. The number of aromatic nitrogens is 5. The van der Waals surface area contributed by atoms with Gasteiger partial charge in [0.05, 0.1) is 11.4 Å². The zero-order chi connectivity index (χ0) is 41.1. The van der Waals surface area contributed by atoms with Gasteiger partial charge in [-0.05, 0) is 63.7 Å². The largest absolute Gasteiger partial charge is 0.228 e. The van der Waals surface area contributed by atoms with Gasteiger partial charge in [0.1, 0.15) is 0 Å². The Hall–Kier alpha value is -8.15. The van der Waals surface area contributed by atoms with E-state index in [0.717, 1.165) is 83.4 Å². The molecule has 0 atom stereocenters. The van der Waals surface area contributed by atoms with Gasteiger partial charge in [-0.1, -0.05) is 195 Å². The van der Waals surface area contributed by atoms with Crippen molar-refractivity contribution in [3.63, 3.8) is 0 Å². The molecule has 8 aromatic carbocycles. The van der Waals surface area contributed by atoms with Crippen molar-refractivity contribution in [1.29, 1.82) is 0 Å². The van der Waals surface area contributed by atoms with Crippen LogP contribution in [0.15, 0.2) is 207 Å². The van der Waals surface area contributed by atoms with Crippen LogP contribution in [0.2, 0.25) is 0 Å². The van der Waals surface area contributed by atoms with Gasteiger partial charge in [-0.2, -0.15) is 0 Å². The third kappa shape index (κ3) is 7.41. The fourth-order valence-electron chi connectivity index (χ4n) is 8.01. The quantitative estimate of drug-likeness (QED) is 0.146. The van der Waals surface area contributed by atoms with Gasteiger partial charge in [0.2, 0.25) is 0 Å². The molecule has 0 saturated carbocycles. The number of hydrogen-bond acceptors (Lipinski definition) is 5. The molecule has 288 valence electrons. The lowest BCUT2D eigenvalue weighted by Crippen LogP contribution is -2.01. The molecule has 10 rings (SSSR count). The van der Waals surface area contributed by atoms with E-state index < -0.39 is 0 Å². The summed E-state index contributed by atoms with van der Waals surface area (Å²) in [6.07, 6.45) is 1.91. The van der Waals surface area contributed by atoms with E-state index in [1.54, 1.807) is 0 Å². The molecule has 2 heterocycles. The van der Waals surface area contributed by atoms with Crippen molar-refractivity contribution in [2.45, 2.75) is 6.92 Å². The fourth-order valence-corrected chi connectivity index (χ4v) is 8.01. The zero-order valence-corrected chi connectivity index (χ0v) is 33.6. The normalized spacial score (nSPS) is 11.1. The van der Waals surface area contributed by atoms with Crippen LogP contribution >= 0.6 is 0 Å². The molecule has 0 fully saturated rings. The lowest BCUT2D eigenvalue weighted by molar-refractivity contribution is 1.07. The number of rotatable bonds is 9. The molecule has 5 nitrogen and oxygen atoms in total. The van der Waals surface area contributed by atoms with Crippen LogP contribution < -0.4 is 0 Å². The van der Waals surface area contributed by atoms with E-state index in [2.05, 4.69) is 129 Å². The van der Waals surface area contributed by atoms with Gasteiger partial charge >= 0.3 is 0 Å². The smallest absolute Gasteiger partial charge is 0.164 e. The summed E-state index contributed by atoms with van der Waals surface area (Å²) in [5.41, 5.74) is 14.1. The van der Waals surface area contributed by atoms with Gasteiger partial charge in [-0.25, -0.2) is 24.9 Å². The summed E-state index contributed by atoms with van der Waals surface area (Å²) in [6, 6.07) is 68.8. The maximum Gasteiger partial charge on any atom is 0.164 e. The van der Waals surface area contributed by atoms with Crippen LogP contribution in [-0.2, 0) is 0 Å². The summed E-state index contributed by atoms with van der Waals surface area (Å²) >= 11 is 0. The lowest BCUT2D eigenvalue weighted by Gasteiger charge is -2.15. The van der Waals surface area contributed by atoms with Gasteiger partial charge < -0.3 is 0 Å². The third-order valence-electron chi connectivity index (χ3n) is 11.1. The van der Waals surface area contributed by atoms with Gasteiger partial charge in [0.15, 0.2) is 23.3 Å². The fraction of sp³-hybridized carbons (Fsp3) is 0.0179. The molecule has 5 heteroatoms. The minimum atomic E-state index is 0.607. The molecule has 0 spiro atoms. The number of benzene rings is 8. The van der Waals surface area contributed by atoms with Gasteiger partial charge in [-0.15, -0.1) is 0 Å². The SMILES string of the molecule is C=Cc1ccccc1-c1ccc(-c2cc(-c3ccccc3)nc(-c3ccc(-c4c(-c5nc(-c6ccccc6)nc(-c6ccccc6)n5)ccc5ccccc45)cc3)n2)cc1C. The maximum absolute atomic E-state index is 5.22. The van der Waals surface area contributed by atoms with E-state index >= 15 is 0 Å². The predicted octanol–water partition coefficient (Wildman–Crippen LogP) is 14.1. The molecule has 0 bridgehead atoms. The van der Waals surface area contributed by atoms with Crippen LogP contribution in [0.3, 0.4) is 0 Å². The van der Waals surface area contributed by atoms with Crippen molar-refractivity contribution in [1.82, 2.24) is 24.9 Å². The summed E-state index contributed by atoms with van der Waals surface area (Å²) in [5, 5.41) is 2.23. The summed E-state index contributed by atoms with van der Waals surface area (Å²) in [4.78, 5) is 25.6. The van der Waals surface area contributed by atoms with E-state index in [9.17, 15) is 0 Å². The molecule has 0 aliphatic rings. The van der Waals surface area contributed by atoms with Gasteiger partial charge in [0.25, 0.3) is 0 Å². The van der Waals surface area contributed by atoms with Crippen LogP contribution in [-0.4, -0.2) is 24.9 Å². The zero-order valence-electron chi connectivity index (χ0n) is 33.6. The monoisotopic (exact) mass is 781 g/mol. The van der Waals surface area contributed by atoms with Crippen molar-refractivity contribution in [2.75, 3.05) is 0 Å². The number of fused-ring (bicyclic) bond motifs is 1. The Morgan fingerprint density at radius 2 is 0.852 bits per heavy atom. The van der Waals surface area contributed by atoms with Gasteiger partial charge in [0, 0.05) is 38.9 Å². The topological polar surface area (TPSA) is 64.5 Å². The second-order valence-electron chi connectivity index (χ2n) is 15.0. The number of hydrogen-bond donors (Lipinski definition) is 0. The Balaban J connectivity index is 1.09. The first-order chi connectivity index (χ1) is 30.1. The molecular weight excluding hydrogens is 743 g/mol. The van der Waals surface area contributed by atoms with Crippen LogP contribution in [0.5, 0.6) is 0 Å². The van der Waals surface area contributed by atoms with Crippen molar-refractivity contribution in [3.05, 3.63) is 218 Å². The van der Waals surface area contributed by atoms with E-state index in [1.165, 1.54) is 5.56 Å². The summed E-state index contributed by atoms with van der Waals surface area (Å²) in [5.74, 6) is 2.50. The van der Waals surface area contributed by atoms with Gasteiger partial charge in [-0.3, -0.25) is 0 Å². The second kappa shape index (κ2) is 16.2. The molecule has 61 heavy (non-hydrogen) atoms. The molecule has 10 aromatic rings. The van der Waals surface area contributed by atoms with Crippen molar-refractivity contribution >= 4 is 16.8 Å². The maximum atomic E-state index is 5.22. The highest BCUT2D eigenvalue weighted by Gasteiger charge is 2.19.